The Morgan fingerprint density at radius 3 is 1.95 bits per heavy atom. The maximum Gasteiger partial charge on any atom is 0.408 e. The first kappa shape index (κ1) is 19.7. The molecule has 0 rings (SSSR count). The van der Waals surface area contributed by atoms with Gasteiger partial charge < -0.3 is 25.6 Å². The molecule has 0 radical (unpaired) electrons. The van der Waals surface area contributed by atoms with Crippen molar-refractivity contribution in [3.63, 3.8) is 0 Å². The van der Waals surface area contributed by atoms with Crippen molar-refractivity contribution in [1.82, 2.24) is 5.32 Å². The number of nitrogens with one attached hydrogen (secondary N) is 1. The normalized spacial score (nSPS) is 15.0. The summed E-state index contributed by atoms with van der Waals surface area (Å²) >= 11 is 0. The van der Waals surface area contributed by atoms with E-state index in [0.29, 0.717) is 0 Å². The molecule has 124 valence electrons. The summed E-state index contributed by atoms with van der Waals surface area (Å²) in [4.78, 5) is 23.8. The molecule has 7 heteroatoms. The predicted octanol–water partition coefficient (Wildman–Crippen LogP) is 0.931. The van der Waals surface area contributed by atoms with E-state index in [1.54, 1.807) is 41.5 Å². The van der Waals surface area contributed by atoms with Gasteiger partial charge in [0.1, 0.15) is 17.2 Å². The Labute approximate surface area is 126 Å². The number of esters is 1. The molecule has 0 unspecified atom stereocenters. The van der Waals surface area contributed by atoms with E-state index in [4.69, 9.17) is 15.2 Å². The van der Waals surface area contributed by atoms with Gasteiger partial charge in [0.05, 0.1) is 6.10 Å². The Morgan fingerprint density at radius 1 is 1.10 bits per heavy atom. The lowest BCUT2D eigenvalue weighted by Crippen LogP contribution is -2.48. The average molecular weight is 304 g/mol. The number of rotatable bonds is 5. The summed E-state index contributed by atoms with van der Waals surface area (Å²) in [5, 5.41) is 12.0. The van der Waals surface area contributed by atoms with Gasteiger partial charge in [0.2, 0.25) is 0 Å². The molecule has 0 saturated heterocycles. The highest BCUT2D eigenvalue weighted by Crippen LogP contribution is 2.12. The van der Waals surface area contributed by atoms with Gasteiger partial charge >= 0.3 is 12.1 Å². The summed E-state index contributed by atoms with van der Waals surface area (Å²) in [6.45, 7) is 10.3. The van der Waals surface area contributed by atoms with Crippen LogP contribution in [0.5, 0.6) is 0 Å². The quantitative estimate of drug-likeness (QED) is 0.652. The smallest absolute Gasteiger partial charge is 0.408 e. The summed E-state index contributed by atoms with van der Waals surface area (Å²) in [6, 6.07) is -1.02. The van der Waals surface area contributed by atoms with Crippen molar-refractivity contribution in [2.75, 3.05) is 6.54 Å². The molecule has 0 aliphatic rings. The molecule has 0 aromatic rings. The molecule has 0 heterocycles. The zero-order chi connectivity index (χ0) is 16.8. The molecule has 21 heavy (non-hydrogen) atoms. The van der Waals surface area contributed by atoms with E-state index in [9.17, 15) is 14.7 Å². The van der Waals surface area contributed by atoms with E-state index in [2.05, 4.69) is 5.32 Å². The fourth-order valence-electron chi connectivity index (χ4n) is 1.41. The highest BCUT2D eigenvalue weighted by molar-refractivity contribution is 5.81. The molecule has 0 bridgehead atoms. The van der Waals surface area contributed by atoms with Gasteiger partial charge in [-0.2, -0.15) is 0 Å². The summed E-state index contributed by atoms with van der Waals surface area (Å²) in [5.41, 5.74) is 3.95. The summed E-state index contributed by atoms with van der Waals surface area (Å²) < 4.78 is 10.3. The maximum absolute atomic E-state index is 12.1. The first-order valence-electron chi connectivity index (χ1n) is 6.94. The number of amides is 1. The van der Waals surface area contributed by atoms with Crippen LogP contribution in [0.15, 0.2) is 0 Å². The molecule has 0 aliphatic heterocycles. The van der Waals surface area contributed by atoms with Gasteiger partial charge in [-0.1, -0.05) is 0 Å². The van der Waals surface area contributed by atoms with Gasteiger partial charge in [-0.3, -0.25) is 0 Å². The molecule has 4 N–H and O–H groups in total. The van der Waals surface area contributed by atoms with Crippen LogP contribution in [0.4, 0.5) is 4.79 Å². The predicted molar refractivity (Wildman–Crippen MR) is 78.7 cm³/mol. The SMILES string of the molecule is CC(C)(C)OC(=O)N[C@@H](C[C@@H](O)CN)C(=O)OC(C)(C)C. The van der Waals surface area contributed by atoms with Crippen molar-refractivity contribution >= 4 is 12.1 Å². The first-order chi connectivity index (χ1) is 9.34. The van der Waals surface area contributed by atoms with Crippen molar-refractivity contribution < 1.29 is 24.2 Å². The topological polar surface area (TPSA) is 111 Å². The molecule has 2 atom stereocenters. The third-order valence-electron chi connectivity index (χ3n) is 2.16. The number of hydrogen-bond acceptors (Lipinski definition) is 6. The zero-order valence-corrected chi connectivity index (χ0v) is 13.7. The summed E-state index contributed by atoms with van der Waals surface area (Å²) in [5.74, 6) is -0.638. The molecule has 0 saturated carbocycles. The minimum atomic E-state index is -1.02. The Balaban J connectivity index is 4.82. The second-order valence-corrected chi connectivity index (χ2v) is 6.86. The number of ether oxygens (including phenoxy) is 2. The van der Waals surface area contributed by atoms with Crippen LogP contribution in [-0.2, 0) is 14.3 Å². The van der Waals surface area contributed by atoms with Crippen LogP contribution in [0.1, 0.15) is 48.0 Å². The fraction of sp³-hybridized carbons (Fsp3) is 0.857. The van der Waals surface area contributed by atoms with E-state index >= 15 is 0 Å². The molecule has 0 aromatic carbocycles. The second-order valence-electron chi connectivity index (χ2n) is 6.86. The molecule has 7 nitrogen and oxygen atoms in total. The van der Waals surface area contributed by atoms with Crippen LogP contribution in [-0.4, -0.2) is 47.1 Å². The van der Waals surface area contributed by atoms with Gasteiger partial charge in [0.25, 0.3) is 0 Å². The lowest BCUT2D eigenvalue weighted by Gasteiger charge is -2.27. The van der Waals surface area contributed by atoms with Crippen LogP contribution in [0, 0.1) is 0 Å². The maximum atomic E-state index is 12.1. The zero-order valence-electron chi connectivity index (χ0n) is 13.7. The molecular weight excluding hydrogens is 276 g/mol. The van der Waals surface area contributed by atoms with Crippen LogP contribution in [0.3, 0.4) is 0 Å². The molecule has 1 amide bonds. The second kappa shape index (κ2) is 7.61. The van der Waals surface area contributed by atoms with Gasteiger partial charge in [0.15, 0.2) is 0 Å². The fourth-order valence-corrected chi connectivity index (χ4v) is 1.41. The van der Waals surface area contributed by atoms with Crippen LogP contribution in [0.25, 0.3) is 0 Å². The minimum Gasteiger partial charge on any atom is -0.458 e. The molecule has 0 aromatic heterocycles. The number of aliphatic hydroxyl groups excluding tert-OH is 1. The number of alkyl carbamates (subject to hydrolysis) is 1. The van der Waals surface area contributed by atoms with Gasteiger partial charge in [-0.15, -0.1) is 0 Å². The molecule has 0 aliphatic carbocycles. The van der Waals surface area contributed by atoms with E-state index in [0.717, 1.165) is 0 Å². The van der Waals surface area contributed by atoms with Crippen LogP contribution >= 0.6 is 0 Å². The largest absolute Gasteiger partial charge is 0.458 e. The molecular formula is C14H28N2O5. The number of carbonyl (C=O) groups is 2. The number of nitrogens with two attached hydrogens (primary N) is 1. The van der Waals surface area contributed by atoms with E-state index in [1.807, 2.05) is 0 Å². The third kappa shape index (κ3) is 10.1. The summed E-state index contributed by atoms with van der Waals surface area (Å²) in [6.07, 6.45) is -1.70. The average Bonchev–Trinajstić information content (AvgIpc) is 2.22. The van der Waals surface area contributed by atoms with Crippen LogP contribution < -0.4 is 11.1 Å². The Kier molecular flexibility index (Phi) is 7.12. The summed E-state index contributed by atoms with van der Waals surface area (Å²) in [7, 11) is 0. The Bertz CT molecular complexity index is 357. The highest BCUT2D eigenvalue weighted by Gasteiger charge is 2.30. The Morgan fingerprint density at radius 2 is 1.57 bits per heavy atom. The number of hydrogen-bond donors (Lipinski definition) is 3. The lowest BCUT2D eigenvalue weighted by atomic mass is 10.1. The Hall–Kier alpha value is -1.34. The van der Waals surface area contributed by atoms with Crippen LogP contribution in [0.2, 0.25) is 0 Å². The van der Waals surface area contributed by atoms with Gasteiger partial charge in [-0.25, -0.2) is 9.59 Å². The molecule has 0 spiro atoms. The van der Waals surface area contributed by atoms with Gasteiger partial charge in [0, 0.05) is 13.0 Å². The van der Waals surface area contributed by atoms with E-state index < -0.39 is 35.4 Å². The molecule has 0 fully saturated rings. The highest BCUT2D eigenvalue weighted by atomic mass is 16.6. The first-order valence-corrected chi connectivity index (χ1v) is 6.94. The minimum absolute atomic E-state index is 0.0186. The van der Waals surface area contributed by atoms with E-state index in [1.165, 1.54) is 0 Å². The lowest BCUT2D eigenvalue weighted by molar-refractivity contribution is -0.158. The number of carbonyl (C=O) groups excluding carboxylic acids is 2. The van der Waals surface area contributed by atoms with Crippen molar-refractivity contribution in [3.05, 3.63) is 0 Å². The van der Waals surface area contributed by atoms with E-state index in [-0.39, 0.29) is 13.0 Å². The standard InChI is InChI=1S/C14H28N2O5/c1-13(2,3)20-11(18)10(7-9(17)8-15)16-12(19)21-14(4,5)6/h9-10,17H,7-8,15H2,1-6H3,(H,16,19)/t9-,10+/m1/s1. The monoisotopic (exact) mass is 304 g/mol. The van der Waals surface area contributed by atoms with Crippen molar-refractivity contribution in [2.45, 2.75) is 71.3 Å². The van der Waals surface area contributed by atoms with Crippen molar-refractivity contribution in [3.8, 4) is 0 Å². The number of aliphatic hydroxyl groups is 1. The van der Waals surface area contributed by atoms with Crippen molar-refractivity contribution in [1.29, 1.82) is 0 Å². The van der Waals surface area contributed by atoms with Gasteiger partial charge in [-0.05, 0) is 41.5 Å². The van der Waals surface area contributed by atoms with Crippen molar-refractivity contribution in [2.24, 2.45) is 5.73 Å². The third-order valence-corrected chi connectivity index (χ3v) is 2.16.